The molecule has 222 valence electrons. The molecule has 0 unspecified atom stereocenters. The van der Waals surface area contributed by atoms with E-state index in [0.29, 0.717) is 32.0 Å². The molecule has 41 heavy (non-hydrogen) atoms. The van der Waals surface area contributed by atoms with Crippen molar-refractivity contribution in [1.82, 2.24) is 16.0 Å². The molecule has 1 saturated carbocycles. The van der Waals surface area contributed by atoms with Crippen LogP contribution in [0.5, 0.6) is 5.75 Å². The molecule has 2 saturated heterocycles. The lowest BCUT2D eigenvalue weighted by atomic mass is 9.60. The van der Waals surface area contributed by atoms with E-state index in [9.17, 15) is 19.2 Å². The first-order valence-electron chi connectivity index (χ1n) is 14.6. The zero-order chi connectivity index (χ0) is 29.2. The summed E-state index contributed by atoms with van der Waals surface area (Å²) in [5.74, 6) is -0.699. The van der Waals surface area contributed by atoms with Gasteiger partial charge in [-0.15, -0.1) is 0 Å². The van der Waals surface area contributed by atoms with Crippen LogP contribution in [0.3, 0.4) is 0 Å². The Hall–Kier alpha value is -3.24. The number of rotatable bonds is 13. The fourth-order valence-corrected chi connectivity index (χ4v) is 5.98. The van der Waals surface area contributed by atoms with Crippen molar-refractivity contribution in [2.24, 2.45) is 11.3 Å². The minimum Gasteiger partial charge on any atom is -0.497 e. The van der Waals surface area contributed by atoms with Gasteiger partial charge in [0.15, 0.2) is 5.78 Å². The number of nitrogens with one attached hydrogen (secondary N) is 3. The zero-order valence-corrected chi connectivity index (χ0v) is 24.1. The molecule has 2 aliphatic carbocycles. The third-order valence-electron chi connectivity index (χ3n) is 8.86. The minimum atomic E-state index is -0.963. The molecule has 0 aromatic heterocycles. The highest BCUT2D eigenvalue weighted by molar-refractivity contribution is 5.98. The summed E-state index contributed by atoms with van der Waals surface area (Å²) in [6.45, 7) is 5.07. The van der Waals surface area contributed by atoms with Gasteiger partial charge >= 0.3 is 0 Å². The zero-order valence-electron chi connectivity index (χ0n) is 24.1. The van der Waals surface area contributed by atoms with Crippen molar-refractivity contribution < 1.29 is 33.4 Å². The lowest BCUT2D eigenvalue weighted by molar-refractivity contribution is -0.184. The summed E-state index contributed by atoms with van der Waals surface area (Å²) >= 11 is 0. The van der Waals surface area contributed by atoms with E-state index >= 15 is 0 Å². The van der Waals surface area contributed by atoms with Crippen molar-refractivity contribution in [1.29, 1.82) is 0 Å². The average Bonchev–Trinajstić information content (AvgIpc) is 3.44. The van der Waals surface area contributed by atoms with Crippen LogP contribution in [0.25, 0.3) is 0 Å². The quantitative estimate of drug-likeness (QED) is 0.245. The smallest absolute Gasteiger partial charge is 0.243 e. The second kappa shape index (κ2) is 11.9. The fraction of sp³-hybridized carbons (Fsp3) is 0.613. The molecular weight excluding hydrogens is 526 g/mol. The Morgan fingerprint density at radius 1 is 0.976 bits per heavy atom. The first-order chi connectivity index (χ1) is 19.6. The molecule has 1 spiro atoms. The summed E-state index contributed by atoms with van der Waals surface area (Å²) in [5, 5.41) is 8.57. The molecule has 5 rings (SSSR count). The molecule has 1 aromatic rings. The number of hydrogen-bond acceptors (Lipinski definition) is 7. The van der Waals surface area contributed by atoms with E-state index in [1.54, 1.807) is 33.1 Å². The maximum Gasteiger partial charge on any atom is 0.243 e. The topological polar surface area (TPSA) is 135 Å². The molecule has 0 radical (unpaired) electrons. The highest BCUT2D eigenvalue weighted by Gasteiger charge is 2.52. The van der Waals surface area contributed by atoms with E-state index < -0.39 is 35.5 Å². The Morgan fingerprint density at radius 3 is 2.22 bits per heavy atom. The molecule has 2 heterocycles. The molecule has 4 atom stereocenters. The molecule has 3 amide bonds. The van der Waals surface area contributed by atoms with Crippen LogP contribution in [0.15, 0.2) is 35.9 Å². The van der Waals surface area contributed by atoms with Gasteiger partial charge in [0.1, 0.15) is 23.4 Å². The average molecular weight is 568 g/mol. The van der Waals surface area contributed by atoms with Crippen molar-refractivity contribution in [2.75, 3.05) is 26.9 Å². The third-order valence-corrected chi connectivity index (χ3v) is 8.86. The minimum absolute atomic E-state index is 0.129. The van der Waals surface area contributed by atoms with E-state index in [2.05, 4.69) is 22.0 Å². The standard InChI is InChI=1S/C31H41N3O7/c1-19(32-28(37)22-14-31(15-22)17-40-18-31)27(36)34-25(13-21-8-10-23(39-3)11-9-21)29(38)33-24(12-20-6-4-5-7-20)26(35)30(2)16-41-30/h6,8-11,19,22,24-25H,4-5,7,12-18H2,1-3H3,(H,32,37)(H,33,38)(H,34,36)/t19-,24+,25+,30-/m1/s1. The van der Waals surface area contributed by atoms with Gasteiger partial charge in [-0.2, -0.15) is 0 Å². The number of Topliss-reactive ketones (excluding diaryl/α,β-unsaturated/α-hetero) is 1. The van der Waals surface area contributed by atoms with E-state index in [-0.39, 0.29) is 29.4 Å². The first kappa shape index (κ1) is 29.3. The van der Waals surface area contributed by atoms with E-state index in [1.165, 1.54) is 0 Å². The van der Waals surface area contributed by atoms with Crippen LogP contribution >= 0.6 is 0 Å². The molecule has 4 aliphatic rings. The van der Waals surface area contributed by atoms with Crippen LogP contribution in [0.4, 0.5) is 0 Å². The number of epoxide rings is 1. The number of ketones is 1. The highest BCUT2D eigenvalue weighted by atomic mass is 16.6. The van der Waals surface area contributed by atoms with E-state index in [4.69, 9.17) is 14.2 Å². The molecule has 3 N–H and O–H groups in total. The van der Waals surface area contributed by atoms with Gasteiger partial charge in [0.2, 0.25) is 17.7 Å². The normalized spacial score (nSPS) is 24.6. The van der Waals surface area contributed by atoms with Gasteiger partial charge in [0.05, 0.1) is 33.0 Å². The molecule has 10 heteroatoms. The van der Waals surface area contributed by atoms with Crippen molar-refractivity contribution >= 4 is 23.5 Å². The van der Waals surface area contributed by atoms with Crippen LogP contribution in [0.2, 0.25) is 0 Å². The second-order valence-electron chi connectivity index (χ2n) is 12.3. The van der Waals surface area contributed by atoms with Crippen LogP contribution in [0, 0.1) is 11.3 Å². The SMILES string of the molecule is COc1ccc(C[C@H](NC(=O)[C@@H](C)NC(=O)C2CC3(COC3)C2)C(=O)N[C@@H](CC2=CCCC2)C(=O)[C@@]2(C)CO2)cc1. The largest absolute Gasteiger partial charge is 0.497 e. The molecule has 3 fully saturated rings. The van der Waals surface area contributed by atoms with Crippen molar-refractivity contribution in [3.63, 3.8) is 0 Å². The van der Waals surface area contributed by atoms with Gasteiger partial charge in [-0.05, 0) is 70.1 Å². The number of carbonyl (C=O) groups is 4. The summed E-state index contributed by atoms with van der Waals surface area (Å²) in [6.07, 6.45) is 7.19. The lowest BCUT2D eigenvalue weighted by Gasteiger charge is -2.52. The second-order valence-corrected chi connectivity index (χ2v) is 12.3. The molecule has 0 bridgehead atoms. The van der Waals surface area contributed by atoms with Crippen LogP contribution in [0.1, 0.15) is 57.9 Å². The molecule has 2 aliphatic heterocycles. The lowest BCUT2D eigenvalue weighted by Crippen LogP contribution is -2.59. The molecular formula is C31H41N3O7. The fourth-order valence-electron chi connectivity index (χ4n) is 5.98. The van der Waals surface area contributed by atoms with E-state index in [0.717, 1.165) is 43.2 Å². The Labute approximate surface area is 240 Å². The van der Waals surface area contributed by atoms with Gasteiger partial charge in [-0.1, -0.05) is 23.8 Å². The van der Waals surface area contributed by atoms with Gasteiger partial charge < -0.3 is 30.2 Å². The predicted octanol–water partition coefficient (Wildman–Crippen LogP) is 2.00. The molecule has 10 nitrogen and oxygen atoms in total. The monoisotopic (exact) mass is 567 g/mol. The number of benzene rings is 1. The Bertz CT molecular complexity index is 1190. The number of carbonyl (C=O) groups excluding carboxylic acids is 4. The van der Waals surface area contributed by atoms with Crippen molar-refractivity contribution in [3.8, 4) is 5.75 Å². The van der Waals surface area contributed by atoms with Crippen LogP contribution in [-0.2, 0) is 35.1 Å². The summed E-state index contributed by atoms with van der Waals surface area (Å²) in [6, 6.07) is 4.69. The maximum absolute atomic E-state index is 13.7. The van der Waals surface area contributed by atoms with E-state index in [1.807, 2.05) is 12.1 Å². The van der Waals surface area contributed by atoms with Gasteiger partial charge in [-0.25, -0.2) is 0 Å². The van der Waals surface area contributed by atoms with Crippen LogP contribution < -0.4 is 20.7 Å². The number of hydrogen-bond donors (Lipinski definition) is 3. The number of allylic oxidation sites excluding steroid dienone is 1. The predicted molar refractivity (Wildman–Crippen MR) is 150 cm³/mol. The summed E-state index contributed by atoms with van der Waals surface area (Å²) in [5.41, 5.74) is 1.20. The first-order valence-corrected chi connectivity index (χ1v) is 14.6. The molecule has 1 aromatic carbocycles. The number of ether oxygens (including phenoxy) is 3. The van der Waals surface area contributed by atoms with Gasteiger partial charge in [-0.3, -0.25) is 19.2 Å². The summed E-state index contributed by atoms with van der Waals surface area (Å²) < 4.78 is 15.9. The van der Waals surface area contributed by atoms with Crippen molar-refractivity contribution in [3.05, 3.63) is 41.5 Å². The summed E-state index contributed by atoms with van der Waals surface area (Å²) in [7, 11) is 1.57. The van der Waals surface area contributed by atoms with Crippen LogP contribution in [-0.4, -0.2) is 74.2 Å². The maximum atomic E-state index is 13.7. The summed E-state index contributed by atoms with van der Waals surface area (Å²) in [4.78, 5) is 53.0. The van der Waals surface area contributed by atoms with Gasteiger partial charge in [0, 0.05) is 17.8 Å². The Kier molecular flexibility index (Phi) is 8.52. The number of amides is 3. The van der Waals surface area contributed by atoms with Crippen molar-refractivity contribution in [2.45, 2.75) is 82.5 Å². The highest BCUT2D eigenvalue weighted by Crippen LogP contribution is 2.50. The Morgan fingerprint density at radius 2 is 1.66 bits per heavy atom. The number of methoxy groups -OCH3 is 1. The third kappa shape index (κ3) is 6.81. The Balaban J connectivity index is 1.26. The van der Waals surface area contributed by atoms with Gasteiger partial charge in [0.25, 0.3) is 0 Å².